The third-order valence-electron chi connectivity index (χ3n) is 4.27. The van der Waals surface area contributed by atoms with Gasteiger partial charge in [0.1, 0.15) is 7.11 Å². The van der Waals surface area contributed by atoms with Crippen molar-refractivity contribution in [3.05, 3.63) is 71.6 Å². The third-order valence-corrected chi connectivity index (χ3v) is 4.27. The molecule has 5 heteroatoms. The summed E-state index contributed by atoms with van der Waals surface area (Å²) in [4.78, 5) is 19.0. The molecular formula is C20H20N2O3. The van der Waals surface area contributed by atoms with E-state index in [1.54, 1.807) is 0 Å². The van der Waals surface area contributed by atoms with Crippen molar-refractivity contribution in [3.8, 4) is 11.1 Å². The Kier molecular flexibility index (Phi) is 4.84. The van der Waals surface area contributed by atoms with Gasteiger partial charge in [-0.25, -0.2) is 0 Å². The number of hydrogen-bond acceptors (Lipinski definition) is 4. The summed E-state index contributed by atoms with van der Waals surface area (Å²) in [5.41, 5.74) is 5.18. The first-order valence-corrected chi connectivity index (χ1v) is 8.04. The monoisotopic (exact) mass is 336 g/mol. The van der Waals surface area contributed by atoms with Gasteiger partial charge in [0, 0.05) is 12.0 Å². The third kappa shape index (κ3) is 3.40. The molecule has 3 rings (SSSR count). The van der Waals surface area contributed by atoms with Crippen LogP contribution >= 0.6 is 0 Å². The van der Waals surface area contributed by atoms with Crippen LogP contribution < -0.4 is 0 Å². The van der Waals surface area contributed by atoms with Gasteiger partial charge in [-0.3, -0.25) is 4.79 Å². The molecule has 0 radical (unpaired) electrons. The van der Waals surface area contributed by atoms with Crippen LogP contribution in [0.25, 0.3) is 11.1 Å². The average Bonchev–Trinajstić information content (AvgIpc) is 3.05. The Morgan fingerprint density at radius 2 is 1.92 bits per heavy atom. The molecule has 1 heterocycles. The molecule has 0 bridgehead atoms. The maximum atomic E-state index is 12.8. The summed E-state index contributed by atoms with van der Waals surface area (Å²) in [7, 11) is 1.46. The van der Waals surface area contributed by atoms with Gasteiger partial charge in [0.05, 0.1) is 24.2 Å². The van der Waals surface area contributed by atoms with Gasteiger partial charge < -0.3 is 14.8 Å². The standard InChI is InChI=1S/C20H20N2O3/c1-14-5-3-4-6-19(14)15-7-9-16(10-8-15)20(24)22-12-17(21-25-2)11-18(22)13-23/h3-10,13,23H,11-12H2,1-2H3/b18-13-,21-17-. The van der Waals surface area contributed by atoms with Gasteiger partial charge in [-0.15, -0.1) is 0 Å². The fraction of sp³-hybridized carbons (Fsp3) is 0.200. The van der Waals surface area contributed by atoms with Gasteiger partial charge in [0.2, 0.25) is 0 Å². The van der Waals surface area contributed by atoms with Crippen molar-refractivity contribution < 1.29 is 14.7 Å². The van der Waals surface area contributed by atoms with Crippen molar-refractivity contribution in [2.75, 3.05) is 13.7 Å². The molecule has 0 unspecified atom stereocenters. The highest BCUT2D eigenvalue weighted by Gasteiger charge is 2.29. The summed E-state index contributed by atoms with van der Waals surface area (Å²) in [6.07, 6.45) is 1.36. The number of nitrogens with zero attached hydrogens (tertiary/aromatic N) is 2. The Hall–Kier alpha value is -3.08. The molecule has 0 saturated carbocycles. The second-order valence-electron chi connectivity index (χ2n) is 5.92. The summed E-state index contributed by atoms with van der Waals surface area (Å²) < 4.78 is 0. The fourth-order valence-electron chi connectivity index (χ4n) is 3.00. The van der Waals surface area contributed by atoms with Crippen LogP contribution in [0.2, 0.25) is 0 Å². The summed E-state index contributed by atoms with van der Waals surface area (Å²) >= 11 is 0. The van der Waals surface area contributed by atoms with Crippen LogP contribution in [0.15, 0.2) is 65.6 Å². The molecule has 1 fully saturated rings. The quantitative estimate of drug-likeness (QED) is 0.683. The Morgan fingerprint density at radius 1 is 1.20 bits per heavy atom. The minimum Gasteiger partial charge on any atom is -0.514 e. The molecule has 1 saturated heterocycles. The molecule has 2 aromatic carbocycles. The van der Waals surface area contributed by atoms with Gasteiger partial charge in [-0.1, -0.05) is 41.6 Å². The molecule has 2 aromatic rings. The maximum Gasteiger partial charge on any atom is 0.258 e. The summed E-state index contributed by atoms with van der Waals surface area (Å²) in [6, 6.07) is 15.6. The SMILES string of the molecule is CO/N=C1/C/C(=C/O)N(C(=O)c2ccc(-c3ccccc3C)cc2)C1. The number of rotatable bonds is 3. The van der Waals surface area contributed by atoms with Gasteiger partial charge in [0.15, 0.2) is 0 Å². The van der Waals surface area contributed by atoms with Crippen molar-refractivity contribution in [1.29, 1.82) is 0 Å². The predicted molar refractivity (Wildman–Crippen MR) is 97.4 cm³/mol. The van der Waals surface area contributed by atoms with E-state index in [2.05, 4.69) is 24.2 Å². The van der Waals surface area contributed by atoms with Crippen LogP contribution in [0, 0.1) is 6.92 Å². The smallest absolute Gasteiger partial charge is 0.258 e. The number of hydrogen-bond donors (Lipinski definition) is 1. The van der Waals surface area contributed by atoms with Crippen molar-refractivity contribution in [3.63, 3.8) is 0 Å². The molecule has 0 aromatic heterocycles. The van der Waals surface area contributed by atoms with Crippen molar-refractivity contribution in [1.82, 2.24) is 4.90 Å². The number of aryl methyl sites for hydroxylation is 1. The Morgan fingerprint density at radius 3 is 2.56 bits per heavy atom. The number of carbonyl (C=O) groups excluding carboxylic acids is 1. The Balaban J connectivity index is 1.84. The van der Waals surface area contributed by atoms with E-state index < -0.39 is 0 Å². The van der Waals surface area contributed by atoms with E-state index in [1.165, 1.54) is 17.6 Å². The van der Waals surface area contributed by atoms with Crippen LogP contribution in [0.1, 0.15) is 22.3 Å². The van der Waals surface area contributed by atoms with Crippen molar-refractivity contribution in [2.24, 2.45) is 5.16 Å². The minimum atomic E-state index is -0.169. The van der Waals surface area contributed by atoms with Crippen LogP contribution in [0.4, 0.5) is 0 Å². The number of amides is 1. The summed E-state index contributed by atoms with van der Waals surface area (Å²) in [5.74, 6) is -0.169. The highest BCUT2D eigenvalue weighted by Crippen LogP contribution is 2.25. The van der Waals surface area contributed by atoms with E-state index in [4.69, 9.17) is 4.84 Å². The van der Waals surface area contributed by atoms with Gasteiger partial charge >= 0.3 is 0 Å². The van der Waals surface area contributed by atoms with E-state index in [0.717, 1.165) is 17.4 Å². The zero-order valence-electron chi connectivity index (χ0n) is 14.3. The van der Waals surface area contributed by atoms with E-state index in [9.17, 15) is 9.90 Å². The van der Waals surface area contributed by atoms with Gasteiger partial charge in [-0.05, 0) is 35.7 Å². The molecule has 1 aliphatic rings. The first-order valence-electron chi connectivity index (χ1n) is 8.04. The second-order valence-corrected chi connectivity index (χ2v) is 5.92. The highest BCUT2D eigenvalue weighted by molar-refractivity contribution is 6.02. The number of allylic oxidation sites excluding steroid dienone is 1. The minimum absolute atomic E-state index is 0.169. The largest absolute Gasteiger partial charge is 0.514 e. The van der Waals surface area contributed by atoms with Crippen LogP contribution in [-0.2, 0) is 4.84 Å². The summed E-state index contributed by atoms with van der Waals surface area (Å²) in [6.45, 7) is 2.38. The number of carbonyl (C=O) groups is 1. The maximum absolute atomic E-state index is 12.8. The molecule has 1 N–H and O–H groups in total. The molecule has 0 atom stereocenters. The van der Waals surface area contributed by atoms with E-state index in [-0.39, 0.29) is 5.91 Å². The number of likely N-dealkylation sites (tertiary alicyclic amines) is 1. The molecular weight excluding hydrogens is 316 g/mol. The molecule has 128 valence electrons. The second kappa shape index (κ2) is 7.21. The first kappa shape index (κ1) is 16.8. The fourth-order valence-corrected chi connectivity index (χ4v) is 3.00. The molecule has 1 amide bonds. The number of oxime groups is 1. The lowest BCUT2D eigenvalue weighted by Gasteiger charge is -2.16. The molecule has 5 nitrogen and oxygen atoms in total. The lowest BCUT2D eigenvalue weighted by Crippen LogP contribution is -2.27. The topological polar surface area (TPSA) is 62.1 Å². The van der Waals surface area contributed by atoms with Crippen LogP contribution in [0.5, 0.6) is 0 Å². The Bertz CT molecular complexity index is 838. The summed E-state index contributed by atoms with van der Waals surface area (Å²) in [5, 5.41) is 13.3. The van der Waals surface area contributed by atoms with E-state index >= 15 is 0 Å². The van der Waals surface area contributed by atoms with E-state index in [1.807, 2.05) is 36.4 Å². The lowest BCUT2D eigenvalue weighted by atomic mass is 9.99. The first-order chi connectivity index (χ1) is 12.1. The van der Waals surface area contributed by atoms with Gasteiger partial charge in [0.25, 0.3) is 5.91 Å². The van der Waals surface area contributed by atoms with Crippen molar-refractivity contribution in [2.45, 2.75) is 13.3 Å². The highest BCUT2D eigenvalue weighted by atomic mass is 16.6. The van der Waals surface area contributed by atoms with E-state index in [0.29, 0.717) is 29.9 Å². The normalized spacial score (nSPS) is 17.3. The van der Waals surface area contributed by atoms with Crippen molar-refractivity contribution >= 4 is 11.6 Å². The number of benzene rings is 2. The van der Waals surface area contributed by atoms with Crippen LogP contribution in [-0.4, -0.2) is 35.3 Å². The average molecular weight is 336 g/mol. The van der Waals surface area contributed by atoms with Gasteiger partial charge in [-0.2, -0.15) is 0 Å². The molecule has 25 heavy (non-hydrogen) atoms. The number of aliphatic hydroxyl groups is 1. The van der Waals surface area contributed by atoms with Crippen LogP contribution in [0.3, 0.4) is 0 Å². The molecule has 1 aliphatic heterocycles. The predicted octanol–water partition coefficient (Wildman–Crippen LogP) is 3.91. The number of aliphatic hydroxyl groups excluding tert-OH is 1. The lowest BCUT2D eigenvalue weighted by molar-refractivity contribution is 0.0828. The zero-order valence-corrected chi connectivity index (χ0v) is 14.3. The molecule has 0 aliphatic carbocycles. The zero-order chi connectivity index (χ0) is 17.8. The Labute approximate surface area is 146 Å². The molecule has 0 spiro atoms.